The predicted molar refractivity (Wildman–Crippen MR) is 66.4 cm³/mol. The zero-order valence-corrected chi connectivity index (χ0v) is 10.7. The van der Waals surface area contributed by atoms with Crippen LogP contribution in [0.2, 0.25) is 0 Å². The lowest BCUT2D eigenvalue weighted by molar-refractivity contribution is 0.398. The molecule has 0 rings (SSSR count). The Balaban J connectivity index is 2.99. The van der Waals surface area contributed by atoms with Crippen molar-refractivity contribution >= 4 is 0 Å². The summed E-state index contributed by atoms with van der Waals surface area (Å²) in [6, 6.07) is 0. The second-order valence-corrected chi connectivity index (χ2v) is 5.61. The van der Waals surface area contributed by atoms with Gasteiger partial charge in [0.15, 0.2) is 0 Å². The van der Waals surface area contributed by atoms with Gasteiger partial charge >= 0.3 is 0 Å². The van der Waals surface area contributed by atoms with Crippen molar-refractivity contribution in [3.05, 3.63) is 6.42 Å². The normalized spacial score (nSPS) is 12.0. The molecule has 0 spiro atoms. The Morgan fingerprint density at radius 1 is 0.857 bits per heavy atom. The van der Waals surface area contributed by atoms with Gasteiger partial charge in [0.2, 0.25) is 0 Å². The number of unbranched alkanes of at least 4 members (excludes halogenated alkanes) is 7. The third-order valence-electron chi connectivity index (χ3n) is 2.52. The zero-order valence-electron chi connectivity index (χ0n) is 10.7. The van der Waals surface area contributed by atoms with Gasteiger partial charge in [0.1, 0.15) is 0 Å². The topological polar surface area (TPSA) is 0 Å². The molecule has 0 aliphatic rings. The molecule has 0 amide bonds. The second-order valence-electron chi connectivity index (χ2n) is 5.61. The molecule has 0 aliphatic heterocycles. The van der Waals surface area contributed by atoms with Gasteiger partial charge in [0, 0.05) is 0 Å². The highest BCUT2D eigenvalue weighted by molar-refractivity contribution is 4.73. The molecule has 1 radical (unpaired) electrons. The minimum atomic E-state index is 0.488. The van der Waals surface area contributed by atoms with Crippen molar-refractivity contribution in [3.63, 3.8) is 0 Å². The van der Waals surface area contributed by atoms with Gasteiger partial charge in [-0.25, -0.2) is 0 Å². The van der Waals surface area contributed by atoms with E-state index in [9.17, 15) is 0 Å². The molecule has 0 bridgehead atoms. The lowest BCUT2D eigenvalue weighted by atomic mass is 9.89. The maximum absolute atomic E-state index is 2.47. The summed E-state index contributed by atoms with van der Waals surface area (Å²) in [6.07, 6.45) is 13.6. The molecule has 14 heavy (non-hydrogen) atoms. The average molecular weight is 197 g/mol. The van der Waals surface area contributed by atoms with Gasteiger partial charge in [-0.3, -0.25) is 0 Å². The standard InChI is InChI=1S/C14H29/c1-5-6-7-8-9-10-11-12-13-14(2,3)4/h12H,5-11,13H2,1-4H3. The smallest absolute Gasteiger partial charge is 0.0380 e. The number of hydrogen-bond donors (Lipinski definition) is 0. The highest BCUT2D eigenvalue weighted by atomic mass is 14.1. The maximum Gasteiger partial charge on any atom is -0.0380 e. The predicted octanol–water partition coefficient (Wildman–Crippen LogP) is 5.38. The Bertz CT molecular complexity index is 108. The van der Waals surface area contributed by atoms with Crippen LogP contribution in [0.5, 0.6) is 0 Å². The third-order valence-corrected chi connectivity index (χ3v) is 2.52. The van der Waals surface area contributed by atoms with Crippen molar-refractivity contribution in [1.82, 2.24) is 0 Å². The van der Waals surface area contributed by atoms with Gasteiger partial charge in [-0.1, -0.05) is 72.6 Å². The lowest BCUT2D eigenvalue weighted by Crippen LogP contribution is -2.04. The van der Waals surface area contributed by atoms with Crippen LogP contribution < -0.4 is 0 Å². The zero-order chi connectivity index (χ0) is 10.9. The Morgan fingerprint density at radius 2 is 1.43 bits per heavy atom. The van der Waals surface area contributed by atoms with Gasteiger partial charge < -0.3 is 0 Å². The quantitative estimate of drug-likeness (QED) is 0.458. The van der Waals surface area contributed by atoms with Crippen LogP contribution in [0, 0.1) is 11.8 Å². The third kappa shape index (κ3) is 12.0. The Morgan fingerprint density at radius 3 is 2.00 bits per heavy atom. The number of hydrogen-bond acceptors (Lipinski definition) is 0. The van der Waals surface area contributed by atoms with Crippen molar-refractivity contribution < 1.29 is 0 Å². The molecule has 0 aromatic rings. The highest BCUT2D eigenvalue weighted by Gasteiger charge is 2.08. The van der Waals surface area contributed by atoms with Crippen LogP contribution in [0.3, 0.4) is 0 Å². The van der Waals surface area contributed by atoms with E-state index in [1.54, 1.807) is 0 Å². The molecule has 0 atom stereocenters. The average Bonchev–Trinajstić information content (AvgIpc) is 2.08. The Hall–Kier alpha value is 0. The molecule has 0 heterocycles. The van der Waals surface area contributed by atoms with E-state index in [0.717, 1.165) is 0 Å². The summed E-state index contributed by atoms with van der Waals surface area (Å²) in [5.74, 6) is 0. The van der Waals surface area contributed by atoms with Gasteiger partial charge in [0.25, 0.3) is 0 Å². The van der Waals surface area contributed by atoms with Crippen LogP contribution >= 0.6 is 0 Å². The first kappa shape index (κ1) is 14.0. The van der Waals surface area contributed by atoms with E-state index in [0.29, 0.717) is 5.41 Å². The monoisotopic (exact) mass is 197 g/mol. The fourth-order valence-corrected chi connectivity index (χ4v) is 1.60. The van der Waals surface area contributed by atoms with Gasteiger partial charge in [-0.2, -0.15) is 0 Å². The van der Waals surface area contributed by atoms with Crippen LogP contribution in [0.1, 0.15) is 79.1 Å². The molecule has 0 saturated heterocycles. The van der Waals surface area contributed by atoms with Crippen molar-refractivity contribution in [2.75, 3.05) is 0 Å². The largest absolute Gasteiger partial charge is 0.0654 e. The first-order valence-electron chi connectivity index (χ1n) is 6.38. The van der Waals surface area contributed by atoms with E-state index in [1.165, 1.54) is 51.4 Å². The van der Waals surface area contributed by atoms with Crippen molar-refractivity contribution in [2.45, 2.75) is 79.1 Å². The molecule has 0 heteroatoms. The lowest BCUT2D eigenvalue weighted by Gasteiger charge is -2.17. The molecule has 0 aromatic carbocycles. The van der Waals surface area contributed by atoms with Crippen LogP contribution in [-0.2, 0) is 0 Å². The first-order chi connectivity index (χ1) is 6.56. The van der Waals surface area contributed by atoms with Crippen molar-refractivity contribution in [1.29, 1.82) is 0 Å². The van der Waals surface area contributed by atoms with Crippen LogP contribution in [0.4, 0.5) is 0 Å². The summed E-state index contributed by atoms with van der Waals surface area (Å²) < 4.78 is 0. The van der Waals surface area contributed by atoms with Gasteiger partial charge in [-0.05, 0) is 18.3 Å². The molecule has 0 fully saturated rings. The van der Waals surface area contributed by atoms with Crippen molar-refractivity contribution in [2.24, 2.45) is 5.41 Å². The molecular weight excluding hydrogens is 168 g/mol. The second kappa shape index (κ2) is 8.32. The fourth-order valence-electron chi connectivity index (χ4n) is 1.60. The van der Waals surface area contributed by atoms with E-state index in [2.05, 4.69) is 34.1 Å². The van der Waals surface area contributed by atoms with Crippen molar-refractivity contribution in [3.8, 4) is 0 Å². The molecule has 0 unspecified atom stereocenters. The first-order valence-corrected chi connectivity index (χ1v) is 6.38. The van der Waals surface area contributed by atoms with E-state index in [-0.39, 0.29) is 0 Å². The van der Waals surface area contributed by atoms with Gasteiger partial charge in [0.05, 0.1) is 0 Å². The SMILES string of the molecule is CCCCCCCC[CH]CC(C)(C)C. The summed E-state index contributed by atoms with van der Waals surface area (Å²) in [7, 11) is 0. The van der Waals surface area contributed by atoms with Crippen LogP contribution in [-0.4, -0.2) is 0 Å². The molecule has 0 saturated carbocycles. The number of rotatable bonds is 8. The fraction of sp³-hybridized carbons (Fsp3) is 0.929. The van der Waals surface area contributed by atoms with Crippen LogP contribution in [0.25, 0.3) is 0 Å². The molecular formula is C14H29. The van der Waals surface area contributed by atoms with E-state index >= 15 is 0 Å². The summed E-state index contributed by atoms with van der Waals surface area (Å²) in [6.45, 7) is 9.21. The summed E-state index contributed by atoms with van der Waals surface area (Å²) >= 11 is 0. The molecule has 0 aliphatic carbocycles. The minimum Gasteiger partial charge on any atom is -0.0654 e. The molecule has 0 N–H and O–H groups in total. The maximum atomic E-state index is 2.47. The Kier molecular flexibility index (Phi) is 8.32. The minimum absolute atomic E-state index is 0.488. The molecule has 85 valence electrons. The van der Waals surface area contributed by atoms with Gasteiger partial charge in [-0.15, -0.1) is 0 Å². The van der Waals surface area contributed by atoms with E-state index in [1.807, 2.05) is 0 Å². The summed E-state index contributed by atoms with van der Waals surface area (Å²) in [5.41, 5.74) is 0.488. The summed E-state index contributed by atoms with van der Waals surface area (Å²) in [4.78, 5) is 0. The highest BCUT2D eigenvalue weighted by Crippen LogP contribution is 2.21. The van der Waals surface area contributed by atoms with Crippen LogP contribution in [0.15, 0.2) is 0 Å². The summed E-state index contributed by atoms with van der Waals surface area (Å²) in [5, 5.41) is 0. The molecule has 0 aromatic heterocycles. The Labute approximate surface area is 91.5 Å². The van der Waals surface area contributed by atoms with E-state index < -0.39 is 0 Å². The van der Waals surface area contributed by atoms with E-state index in [4.69, 9.17) is 0 Å². The molecule has 0 nitrogen and oxygen atoms in total.